The monoisotopic (exact) mass is 503 g/mol. The molecule has 5 rings (SSSR count). The normalized spacial score (nSPS) is 10.9. The summed E-state index contributed by atoms with van der Waals surface area (Å²) in [5.74, 6) is -1.33. The summed E-state index contributed by atoms with van der Waals surface area (Å²) in [6.45, 7) is 1.80. The molecule has 0 radical (unpaired) electrons. The number of hydrogen-bond acceptors (Lipinski definition) is 7. The number of nitrogens with zero attached hydrogens (tertiary/aromatic N) is 4. The van der Waals surface area contributed by atoms with Crippen LogP contribution in [-0.4, -0.2) is 25.6 Å². The van der Waals surface area contributed by atoms with Crippen LogP contribution in [0.4, 0.5) is 15.8 Å². The molecular formula is C25H18FN5O4S. The summed E-state index contributed by atoms with van der Waals surface area (Å²) in [7, 11) is 0. The van der Waals surface area contributed by atoms with Crippen molar-refractivity contribution in [1.29, 1.82) is 0 Å². The van der Waals surface area contributed by atoms with Crippen LogP contribution in [-0.2, 0) is 6.73 Å². The first-order chi connectivity index (χ1) is 17.4. The number of ether oxygens (including phenoxy) is 1. The van der Waals surface area contributed by atoms with Crippen LogP contribution < -0.4 is 10.1 Å². The average molecular weight is 504 g/mol. The molecule has 0 fully saturated rings. The van der Waals surface area contributed by atoms with Crippen LogP contribution in [0.1, 0.15) is 16.1 Å². The van der Waals surface area contributed by atoms with Crippen molar-refractivity contribution < 1.29 is 18.8 Å². The Morgan fingerprint density at radius 3 is 2.72 bits per heavy atom. The second-order valence-corrected chi connectivity index (χ2v) is 8.94. The number of nitro groups is 1. The Hall–Kier alpha value is -4.64. The van der Waals surface area contributed by atoms with Gasteiger partial charge in [-0.2, -0.15) is 5.10 Å². The molecule has 0 bridgehead atoms. The Morgan fingerprint density at radius 2 is 1.94 bits per heavy atom. The highest BCUT2D eigenvalue weighted by atomic mass is 32.1. The molecule has 1 N–H and O–H groups in total. The second-order valence-electron chi connectivity index (χ2n) is 7.90. The van der Waals surface area contributed by atoms with Crippen molar-refractivity contribution in [1.82, 2.24) is 14.8 Å². The molecule has 0 aliphatic heterocycles. The Labute approximate surface area is 207 Å². The number of carbonyl (C=O) groups excluding carboxylic acids is 1. The highest BCUT2D eigenvalue weighted by Crippen LogP contribution is 2.31. The quantitative estimate of drug-likeness (QED) is 0.222. The second kappa shape index (κ2) is 9.55. The molecular weight excluding hydrogens is 485 g/mol. The topological polar surface area (TPSA) is 112 Å². The van der Waals surface area contributed by atoms with E-state index in [2.05, 4.69) is 21.5 Å². The first kappa shape index (κ1) is 23.1. The zero-order chi connectivity index (χ0) is 25.2. The van der Waals surface area contributed by atoms with Gasteiger partial charge in [-0.15, -0.1) is 11.3 Å². The molecule has 11 heteroatoms. The van der Waals surface area contributed by atoms with E-state index in [1.54, 1.807) is 23.5 Å². The summed E-state index contributed by atoms with van der Waals surface area (Å²) >= 11 is 1.61. The fourth-order valence-corrected chi connectivity index (χ4v) is 4.56. The number of nitro benzene ring substituents is 1. The first-order valence-electron chi connectivity index (χ1n) is 10.7. The molecule has 0 atom stereocenters. The third-order valence-electron chi connectivity index (χ3n) is 5.28. The summed E-state index contributed by atoms with van der Waals surface area (Å²) in [5.41, 5.74) is 3.41. The number of aryl methyl sites for hydroxylation is 1. The van der Waals surface area contributed by atoms with Crippen molar-refractivity contribution >= 4 is 38.8 Å². The van der Waals surface area contributed by atoms with Crippen LogP contribution in [0.3, 0.4) is 0 Å². The molecule has 0 saturated carbocycles. The summed E-state index contributed by atoms with van der Waals surface area (Å²) in [4.78, 5) is 27.7. The largest absolute Gasteiger partial charge is 0.464 e. The van der Waals surface area contributed by atoms with E-state index >= 15 is 0 Å². The molecule has 2 aromatic heterocycles. The van der Waals surface area contributed by atoms with Gasteiger partial charge in [-0.25, -0.2) is 14.1 Å². The molecule has 180 valence electrons. The van der Waals surface area contributed by atoms with Gasteiger partial charge in [0, 0.05) is 29.6 Å². The van der Waals surface area contributed by atoms with Crippen molar-refractivity contribution in [3.8, 4) is 16.3 Å². The molecule has 2 heterocycles. The molecule has 0 saturated heterocycles. The molecule has 5 aromatic rings. The van der Waals surface area contributed by atoms with Crippen molar-refractivity contribution in [3.05, 3.63) is 100 Å². The third-order valence-corrected chi connectivity index (χ3v) is 6.35. The third kappa shape index (κ3) is 4.91. The van der Waals surface area contributed by atoms with Crippen LogP contribution >= 0.6 is 11.3 Å². The van der Waals surface area contributed by atoms with Gasteiger partial charge in [0.2, 0.25) is 5.75 Å². The maximum absolute atomic E-state index is 13.5. The molecule has 0 unspecified atom stereocenters. The van der Waals surface area contributed by atoms with Crippen LogP contribution in [0.5, 0.6) is 5.75 Å². The number of fused-ring (bicyclic) bond motifs is 1. The van der Waals surface area contributed by atoms with E-state index in [1.165, 1.54) is 22.5 Å². The van der Waals surface area contributed by atoms with Gasteiger partial charge < -0.3 is 10.1 Å². The van der Waals surface area contributed by atoms with E-state index in [0.29, 0.717) is 5.69 Å². The number of carbonyl (C=O) groups is 1. The lowest BCUT2D eigenvalue weighted by Gasteiger charge is -2.07. The van der Waals surface area contributed by atoms with Crippen molar-refractivity contribution in [2.24, 2.45) is 0 Å². The Balaban J connectivity index is 1.23. The average Bonchev–Trinajstić information content (AvgIpc) is 3.50. The van der Waals surface area contributed by atoms with E-state index in [-0.39, 0.29) is 23.9 Å². The standard InChI is InChI=1S/C25H18FN5O4S/c1-15-2-8-19-23(12-15)36-25(28-19)16-3-6-18(7-4-16)27-24(32)20-10-11-30(29-20)14-35-22-13-17(26)5-9-21(22)31(33)34/h2-13H,14H2,1H3,(H,27,32). The number of aromatic nitrogens is 3. The number of benzene rings is 3. The van der Waals surface area contributed by atoms with Gasteiger partial charge >= 0.3 is 5.69 Å². The fraction of sp³-hybridized carbons (Fsp3) is 0.0800. The van der Waals surface area contributed by atoms with Gasteiger partial charge in [0.05, 0.1) is 15.1 Å². The molecule has 1 amide bonds. The number of hydrogen-bond donors (Lipinski definition) is 1. The lowest BCUT2D eigenvalue weighted by Crippen LogP contribution is -2.14. The number of thiazole rings is 1. The number of amides is 1. The van der Waals surface area contributed by atoms with Gasteiger partial charge in [-0.05, 0) is 61.0 Å². The van der Waals surface area contributed by atoms with Crippen LogP contribution in [0.15, 0.2) is 72.9 Å². The zero-order valence-electron chi connectivity index (χ0n) is 18.8. The molecule has 9 nitrogen and oxygen atoms in total. The minimum atomic E-state index is -0.667. The lowest BCUT2D eigenvalue weighted by molar-refractivity contribution is -0.386. The summed E-state index contributed by atoms with van der Waals surface area (Å²) in [6, 6.07) is 17.9. The maximum Gasteiger partial charge on any atom is 0.311 e. The summed E-state index contributed by atoms with van der Waals surface area (Å²) in [6.07, 6.45) is 1.48. The Kier molecular flexibility index (Phi) is 6.13. The lowest BCUT2D eigenvalue weighted by atomic mass is 10.2. The van der Waals surface area contributed by atoms with E-state index in [4.69, 9.17) is 4.74 Å². The minimum Gasteiger partial charge on any atom is -0.464 e. The Bertz CT molecular complexity index is 1600. The predicted molar refractivity (Wildman–Crippen MR) is 134 cm³/mol. The molecule has 36 heavy (non-hydrogen) atoms. The van der Waals surface area contributed by atoms with Crippen molar-refractivity contribution in [2.45, 2.75) is 13.7 Å². The smallest absolute Gasteiger partial charge is 0.311 e. The van der Waals surface area contributed by atoms with Crippen molar-refractivity contribution in [2.75, 3.05) is 5.32 Å². The van der Waals surface area contributed by atoms with Gasteiger partial charge in [0.25, 0.3) is 5.91 Å². The summed E-state index contributed by atoms with van der Waals surface area (Å²) in [5, 5.41) is 18.9. The van der Waals surface area contributed by atoms with E-state index in [0.717, 1.165) is 39.0 Å². The van der Waals surface area contributed by atoms with Gasteiger partial charge in [0.1, 0.15) is 10.8 Å². The fourth-order valence-electron chi connectivity index (χ4n) is 3.49. The SMILES string of the molecule is Cc1ccc2nc(-c3ccc(NC(=O)c4ccn(COc5cc(F)ccc5[N+](=O)[O-])n4)cc3)sc2c1. The number of halogens is 1. The number of nitrogens with one attached hydrogen (secondary N) is 1. The first-order valence-corrected chi connectivity index (χ1v) is 11.6. The highest BCUT2D eigenvalue weighted by molar-refractivity contribution is 7.21. The van der Waals surface area contributed by atoms with Gasteiger partial charge in [-0.1, -0.05) is 6.07 Å². The molecule has 0 aliphatic carbocycles. The molecule has 3 aromatic carbocycles. The summed E-state index contributed by atoms with van der Waals surface area (Å²) < 4.78 is 21.2. The minimum absolute atomic E-state index is 0.123. The zero-order valence-corrected chi connectivity index (χ0v) is 19.7. The number of anilines is 1. The Morgan fingerprint density at radius 1 is 1.14 bits per heavy atom. The van der Waals surface area contributed by atoms with E-state index in [1.807, 2.05) is 31.2 Å². The van der Waals surface area contributed by atoms with Crippen LogP contribution in [0, 0.1) is 22.9 Å². The van der Waals surface area contributed by atoms with E-state index < -0.39 is 16.6 Å². The van der Waals surface area contributed by atoms with Crippen LogP contribution in [0.25, 0.3) is 20.8 Å². The van der Waals surface area contributed by atoms with Gasteiger partial charge in [0.15, 0.2) is 12.4 Å². The number of rotatable bonds is 7. The van der Waals surface area contributed by atoms with Gasteiger partial charge in [-0.3, -0.25) is 14.9 Å². The predicted octanol–water partition coefficient (Wildman–Crippen LogP) is 5.80. The molecule has 0 aliphatic rings. The highest BCUT2D eigenvalue weighted by Gasteiger charge is 2.17. The van der Waals surface area contributed by atoms with Crippen LogP contribution in [0.2, 0.25) is 0 Å². The van der Waals surface area contributed by atoms with E-state index in [9.17, 15) is 19.3 Å². The molecule has 0 spiro atoms. The van der Waals surface area contributed by atoms with Crippen molar-refractivity contribution in [3.63, 3.8) is 0 Å². The maximum atomic E-state index is 13.5.